The van der Waals surface area contributed by atoms with Crippen molar-refractivity contribution in [2.45, 2.75) is 64.4 Å². The average Bonchev–Trinajstić information content (AvgIpc) is 2.65. The third-order valence-corrected chi connectivity index (χ3v) is 5.76. The largest absolute Gasteiger partial charge is 0.469 e. The minimum Gasteiger partial charge on any atom is -0.469 e. The van der Waals surface area contributed by atoms with Gasteiger partial charge in [0.1, 0.15) is 6.10 Å². The van der Waals surface area contributed by atoms with Gasteiger partial charge < -0.3 is 9.47 Å². The van der Waals surface area contributed by atoms with Crippen molar-refractivity contribution >= 4 is 11.9 Å². The van der Waals surface area contributed by atoms with E-state index in [0.717, 1.165) is 19.3 Å². The van der Waals surface area contributed by atoms with Crippen LogP contribution in [0.2, 0.25) is 0 Å². The fourth-order valence-electron chi connectivity index (χ4n) is 4.04. The molecule has 1 fully saturated rings. The number of carbonyl (C=O) groups excluding carboxylic acids is 2. The first-order chi connectivity index (χ1) is 12.8. The van der Waals surface area contributed by atoms with Gasteiger partial charge in [-0.1, -0.05) is 63.6 Å². The van der Waals surface area contributed by atoms with Crippen molar-refractivity contribution in [1.29, 1.82) is 0 Å². The molecule has 148 valence electrons. The molecule has 0 amide bonds. The van der Waals surface area contributed by atoms with Crippen LogP contribution in [0.1, 0.15) is 58.4 Å². The van der Waals surface area contributed by atoms with Crippen molar-refractivity contribution in [3.63, 3.8) is 0 Å². The number of hydrogen-bond donors (Lipinski definition) is 0. The molecule has 0 bridgehead atoms. The van der Waals surface area contributed by atoms with E-state index in [2.05, 4.69) is 49.8 Å². The van der Waals surface area contributed by atoms with Gasteiger partial charge in [0.05, 0.1) is 7.11 Å². The van der Waals surface area contributed by atoms with Gasteiger partial charge in [-0.05, 0) is 36.2 Å². The Balaban J connectivity index is 2.04. The zero-order valence-corrected chi connectivity index (χ0v) is 16.9. The number of ether oxygens (including phenoxy) is 2. The highest BCUT2D eigenvalue weighted by Crippen LogP contribution is 2.43. The second-order valence-corrected chi connectivity index (χ2v) is 8.10. The predicted octanol–water partition coefficient (Wildman–Crippen LogP) is 4.82. The van der Waals surface area contributed by atoms with Crippen molar-refractivity contribution in [1.82, 2.24) is 0 Å². The Labute approximate surface area is 162 Å². The Morgan fingerprint density at radius 2 is 1.89 bits per heavy atom. The summed E-state index contributed by atoms with van der Waals surface area (Å²) >= 11 is 0. The van der Waals surface area contributed by atoms with Gasteiger partial charge >= 0.3 is 11.9 Å². The standard InChI is InChI=1S/C23H32O4/c1-17-14-15-19(23(2,3)18-10-6-5-7-11-18)20(16-17)27-22(25)13-9-8-12-21(24)26-4/h5-7,9-11,13,17,19-20H,8,12,14-16H2,1-4H3/b13-9+/t17-,19-,20-/m1/s1. The highest BCUT2D eigenvalue weighted by atomic mass is 16.5. The molecule has 27 heavy (non-hydrogen) atoms. The van der Waals surface area contributed by atoms with Crippen molar-refractivity contribution in [2.75, 3.05) is 7.11 Å². The third-order valence-electron chi connectivity index (χ3n) is 5.76. The van der Waals surface area contributed by atoms with Crippen LogP contribution in [0.5, 0.6) is 0 Å². The second-order valence-electron chi connectivity index (χ2n) is 8.10. The predicted molar refractivity (Wildman–Crippen MR) is 106 cm³/mol. The molecule has 0 saturated heterocycles. The quantitative estimate of drug-likeness (QED) is 0.508. The van der Waals surface area contributed by atoms with E-state index >= 15 is 0 Å². The first-order valence-corrected chi connectivity index (χ1v) is 9.84. The molecule has 1 aliphatic carbocycles. The molecular weight excluding hydrogens is 340 g/mol. The molecule has 1 aliphatic rings. The Hall–Kier alpha value is -2.10. The molecule has 0 spiro atoms. The summed E-state index contributed by atoms with van der Waals surface area (Å²) in [6.45, 7) is 6.71. The molecule has 1 saturated carbocycles. The van der Waals surface area contributed by atoms with Crippen LogP contribution in [-0.4, -0.2) is 25.2 Å². The van der Waals surface area contributed by atoms with E-state index in [-0.39, 0.29) is 35.8 Å². The molecule has 3 atom stereocenters. The lowest BCUT2D eigenvalue weighted by atomic mass is 9.64. The van der Waals surface area contributed by atoms with Gasteiger partial charge in [0.25, 0.3) is 0 Å². The Morgan fingerprint density at radius 1 is 1.19 bits per heavy atom. The van der Waals surface area contributed by atoms with Crippen molar-refractivity contribution in [3.8, 4) is 0 Å². The molecule has 1 aromatic rings. The Bertz CT molecular complexity index is 648. The van der Waals surface area contributed by atoms with Crippen LogP contribution < -0.4 is 0 Å². The van der Waals surface area contributed by atoms with Crippen molar-refractivity contribution in [3.05, 3.63) is 48.0 Å². The van der Waals surface area contributed by atoms with E-state index in [1.54, 1.807) is 6.08 Å². The lowest BCUT2D eigenvalue weighted by Crippen LogP contribution is -2.43. The van der Waals surface area contributed by atoms with Crippen molar-refractivity contribution < 1.29 is 19.1 Å². The second kappa shape index (κ2) is 9.72. The maximum Gasteiger partial charge on any atom is 0.330 e. The SMILES string of the molecule is COC(=O)CC/C=C/C(=O)O[C@@H]1C[C@H](C)CC[C@H]1C(C)(C)c1ccccc1. The lowest BCUT2D eigenvalue weighted by molar-refractivity contribution is -0.150. The van der Waals surface area contributed by atoms with E-state index in [1.165, 1.54) is 18.7 Å². The summed E-state index contributed by atoms with van der Waals surface area (Å²) in [5, 5.41) is 0. The minimum atomic E-state index is -0.326. The van der Waals surface area contributed by atoms with Gasteiger partial charge in [0.15, 0.2) is 0 Å². The van der Waals surface area contributed by atoms with Crippen LogP contribution in [0.25, 0.3) is 0 Å². The average molecular weight is 373 g/mol. The molecular formula is C23H32O4. The summed E-state index contributed by atoms with van der Waals surface area (Å²) in [7, 11) is 1.36. The molecule has 0 aliphatic heterocycles. The summed E-state index contributed by atoms with van der Waals surface area (Å²) in [4.78, 5) is 23.4. The number of hydrogen-bond acceptors (Lipinski definition) is 4. The van der Waals surface area contributed by atoms with Gasteiger partial charge in [0, 0.05) is 18.4 Å². The fraction of sp³-hybridized carbons (Fsp3) is 0.565. The van der Waals surface area contributed by atoms with E-state index in [0.29, 0.717) is 12.3 Å². The number of rotatable bonds is 7. The lowest BCUT2D eigenvalue weighted by Gasteiger charge is -2.43. The molecule has 2 rings (SSSR count). The van der Waals surface area contributed by atoms with Crippen LogP contribution >= 0.6 is 0 Å². The van der Waals surface area contributed by atoms with Gasteiger partial charge in [-0.3, -0.25) is 4.79 Å². The molecule has 0 unspecified atom stereocenters. The molecule has 4 heteroatoms. The van der Waals surface area contributed by atoms with Gasteiger partial charge in [-0.15, -0.1) is 0 Å². The summed E-state index contributed by atoms with van der Waals surface area (Å²) in [6, 6.07) is 10.5. The molecule has 1 aromatic carbocycles. The minimum absolute atomic E-state index is 0.0685. The monoisotopic (exact) mass is 372 g/mol. The van der Waals surface area contributed by atoms with E-state index in [1.807, 2.05) is 6.07 Å². The molecule has 0 heterocycles. The summed E-state index contributed by atoms with van der Waals surface area (Å²) < 4.78 is 10.5. The topological polar surface area (TPSA) is 52.6 Å². The highest BCUT2D eigenvalue weighted by Gasteiger charge is 2.41. The van der Waals surface area contributed by atoms with E-state index < -0.39 is 0 Å². The summed E-state index contributed by atoms with van der Waals surface area (Å²) in [6.07, 6.45) is 6.87. The number of carbonyl (C=O) groups is 2. The maximum absolute atomic E-state index is 12.3. The number of esters is 2. The number of methoxy groups -OCH3 is 1. The Morgan fingerprint density at radius 3 is 2.56 bits per heavy atom. The molecule has 4 nitrogen and oxygen atoms in total. The van der Waals surface area contributed by atoms with Crippen LogP contribution in [0.15, 0.2) is 42.5 Å². The Kier molecular flexibility index (Phi) is 7.64. The van der Waals surface area contributed by atoms with Gasteiger partial charge in [0.2, 0.25) is 0 Å². The maximum atomic E-state index is 12.3. The number of allylic oxidation sites excluding steroid dienone is 1. The number of benzene rings is 1. The van der Waals surface area contributed by atoms with Crippen LogP contribution in [0, 0.1) is 11.8 Å². The zero-order chi connectivity index (χ0) is 19.9. The van der Waals surface area contributed by atoms with Gasteiger partial charge in [-0.25, -0.2) is 4.79 Å². The molecule has 0 N–H and O–H groups in total. The van der Waals surface area contributed by atoms with Crippen LogP contribution in [0.4, 0.5) is 0 Å². The van der Waals surface area contributed by atoms with E-state index in [4.69, 9.17) is 4.74 Å². The fourth-order valence-corrected chi connectivity index (χ4v) is 4.04. The summed E-state index contributed by atoms with van der Waals surface area (Å²) in [5.41, 5.74) is 1.21. The van der Waals surface area contributed by atoms with Crippen LogP contribution in [0.3, 0.4) is 0 Å². The van der Waals surface area contributed by atoms with E-state index in [9.17, 15) is 9.59 Å². The van der Waals surface area contributed by atoms with Crippen molar-refractivity contribution in [2.24, 2.45) is 11.8 Å². The zero-order valence-electron chi connectivity index (χ0n) is 16.9. The summed E-state index contributed by atoms with van der Waals surface area (Å²) in [5.74, 6) is 0.226. The molecule has 0 radical (unpaired) electrons. The smallest absolute Gasteiger partial charge is 0.330 e. The highest BCUT2D eigenvalue weighted by molar-refractivity contribution is 5.82. The van der Waals surface area contributed by atoms with Gasteiger partial charge in [-0.2, -0.15) is 0 Å². The first-order valence-electron chi connectivity index (χ1n) is 9.84. The third kappa shape index (κ3) is 5.95. The first kappa shape index (κ1) is 21.2. The molecule has 0 aromatic heterocycles. The normalized spacial score (nSPS) is 23.2. The van der Waals surface area contributed by atoms with Crippen LogP contribution in [-0.2, 0) is 24.5 Å².